The summed E-state index contributed by atoms with van der Waals surface area (Å²) >= 11 is 11.9. The summed E-state index contributed by atoms with van der Waals surface area (Å²) in [4.78, 5) is 16.6. The van der Waals surface area contributed by atoms with Crippen LogP contribution >= 0.6 is 23.8 Å². The van der Waals surface area contributed by atoms with E-state index < -0.39 is 0 Å². The van der Waals surface area contributed by atoms with Gasteiger partial charge in [-0.1, -0.05) is 60.1 Å². The summed E-state index contributed by atoms with van der Waals surface area (Å²) in [7, 11) is 0. The molecule has 1 atom stereocenters. The molecule has 0 bridgehead atoms. The number of nitrogens with zero attached hydrogens (tertiary/aromatic N) is 2. The molecule has 182 valence electrons. The van der Waals surface area contributed by atoms with Crippen molar-refractivity contribution in [1.29, 1.82) is 0 Å². The summed E-state index contributed by atoms with van der Waals surface area (Å²) < 4.78 is 5.76. The van der Waals surface area contributed by atoms with Gasteiger partial charge in [0.15, 0.2) is 5.11 Å². The maximum absolute atomic E-state index is 13.6. The molecule has 3 aromatic carbocycles. The number of rotatable bonds is 4. The van der Waals surface area contributed by atoms with Crippen molar-refractivity contribution < 1.29 is 4.42 Å². The summed E-state index contributed by atoms with van der Waals surface area (Å²) in [5.74, 6) is 0.709. The van der Waals surface area contributed by atoms with Crippen molar-refractivity contribution >= 4 is 51.2 Å². The highest BCUT2D eigenvalue weighted by atomic mass is 35.5. The van der Waals surface area contributed by atoms with Crippen molar-refractivity contribution in [2.24, 2.45) is 5.10 Å². The number of anilines is 1. The molecule has 2 N–H and O–H groups in total. The molecule has 0 aliphatic carbocycles. The molecule has 37 heavy (non-hydrogen) atoms. The number of benzene rings is 3. The van der Waals surface area contributed by atoms with Gasteiger partial charge in [-0.15, -0.1) is 0 Å². The third-order valence-corrected chi connectivity index (χ3v) is 6.90. The molecule has 0 amide bonds. The number of furan rings is 1. The van der Waals surface area contributed by atoms with E-state index in [2.05, 4.69) is 10.3 Å². The Kier molecular flexibility index (Phi) is 6.08. The van der Waals surface area contributed by atoms with Crippen molar-refractivity contribution in [3.8, 4) is 11.1 Å². The zero-order chi connectivity index (χ0) is 25.4. The van der Waals surface area contributed by atoms with Gasteiger partial charge in [-0.25, -0.2) is 5.01 Å². The van der Waals surface area contributed by atoms with E-state index in [-0.39, 0.29) is 11.6 Å². The van der Waals surface area contributed by atoms with Crippen LogP contribution in [0.1, 0.15) is 23.8 Å². The largest absolute Gasteiger partial charge is 0.467 e. The molecule has 0 radical (unpaired) electrons. The third-order valence-electron chi connectivity index (χ3n) is 6.36. The fraction of sp³-hybridized carbons (Fsp3) is 0.0690. The van der Waals surface area contributed by atoms with E-state index in [0.29, 0.717) is 33.6 Å². The Balaban J connectivity index is 1.51. The van der Waals surface area contributed by atoms with E-state index in [9.17, 15) is 4.79 Å². The van der Waals surface area contributed by atoms with Crippen molar-refractivity contribution in [3.63, 3.8) is 0 Å². The van der Waals surface area contributed by atoms with Gasteiger partial charge >= 0.3 is 0 Å². The summed E-state index contributed by atoms with van der Waals surface area (Å²) in [6.45, 7) is 0. The number of aromatic amines is 1. The van der Waals surface area contributed by atoms with Crippen molar-refractivity contribution in [2.75, 3.05) is 5.32 Å². The van der Waals surface area contributed by atoms with Crippen LogP contribution in [-0.4, -0.2) is 20.8 Å². The van der Waals surface area contributed by atoms with Gasteiger partial charge in [-0.05, 0) is 60.2 Å². The van der Waals surface area contributed by atoms with Gasteiger partial charge in [0.05, 0.1) is 17.5 Å². The number of fused-ring (bicyclic) bond motifs is 1. The van der Waals surface area contributed by atoms with Crippen LogP contribution < -0.4 is 10.9 Å². The van der Waals surface area contributed by atoms with E-state index in [4.69, 9.17) is 33.3 Å². The molecule has 0 saturated carbocycles. The Bertz CT molecular complexity index is 1680. The number of pyridine rings is 1. The number of nitrogens with one attached hydrogen (secondary N) is 2. The first-order valence-electron chi connectivity index (χ1n) is 11.8. The first-order chi connectivity index (χ1) is 18.1. The average molecular weight is 525 g/mol. The SMILES string of the molecule is O=c1[nH]c2ccccc2c(-c2ccc(Cl)cc2)c1C1=NN(C(=S)Nc2ccccc2)[C@H](c2ccco2)C1. The standard InChI is InChI=1S/C29H21ClN4O2S/c30-19-14-12-18(13-15-19)26-21-9-4-5-10-22(21)32-28(35)27(26)23-17-24(25-11-6-16-36-25)34(33-23)29(37)31-20-7-2-1-3-8-20/h1-16,24H,17H2,(H,31,37)(H,32,35)/t24-/m0/s1. The predicted molar refractivity (Wildman–Crippen MR) is 152 cm³/mol. The minimum atomic E-state index is -0.308. The Hall–Kier alpha value is -4.20. The summed E-state index contributed by atoms with van der Waals surface area (Å²) in [6.07, 6.45) is 2.06. The lowest BCUT2D eigenvalue weighted by molar-refractivity contribution is 0.318. The van der Waals surface area contributed by atoms with Crippen LogP contribution in [0.2, 0.25) is 5.02 Å². The zero-order valence-electron chi connectivity index (χ0n) is 19.5. The highest BCUT2D eigenvalue weighted by Gasteiger charge is 2.35. The fourth-order valence-corrected chi connectivity index (χ4v) is 5.10. The van der Waals surface area contributed by atoms with Crippen LogP contribution in [0.5, 0.6) is 0 Å². The van der Waals surface area contributed by atoms with Crippen molar-refractivity contribution in [3.05, 3.63) is 124 Å². The second kappa shape index (κ2) is 9.69. The fourth-order valence-electron chi connectivity index (χ4n) is 4.69. The van der Waals surface area contributed by atoms with Gasteiger partial charge in [0.1, 0.15) is 11.8 Å². The van der Waals surface area contributed by atoms with Crippen molar-refractivity contribution in [2.45, 2.75) is 12.5 Å². The lowest BCUT2D eigenvalue weighted by Crippen LogP contribution is -2.30. The summed E-state index contributed by atoms with van der Waals surface area (Å²) in [6, 6.07) is 28.3. The molecule has 0 saturated heterocycles. The Morgan fingerprint density at radius 3 is 2.49 bits per heavy atom. The van der Waals surface area contributed by atoms with E-state index in [1.54, 1.807) is 11.3 Å². The maximum Gasteiger partial charge on any atom is 0.258 e. The van der Waals surface area contributed by atoms with E-state index in [1.807, 2.05) is 91.0 Å². The number of thiocarbonyl (C=S) groups is 1. The molecule has 6 rings (SSSR count). The number of aromatic nitrogens is 1. The molecule has 6 nitrogen and oxygen atoms in total. The van der Waals surface area contributed by atoms with Gasteiger partial charge in [0, 0.05) is 33.6 Å². The Morgan fingerprint density at radius 1 is 0.973 bits per heavy atom. The van der Waals surface area contributed by atoms with Gasteiger partial charge in [0.2, 0.25) is 0 Å². The minimum absolute atomic E-state index is 0.218. The monoisotopic (exact) mass is 524 g/mol. The summed E-state index contributed by atoms with van der Waals surface area (Å²) in [5.41, 5.74) is 4.18. The van der Waals surface area contributed by atoms with Gasteiger partial charge in [0.25, 0.3) is 5.56 Å². The number of hydrogen-bond donors (Lipinski definition) is 2. The normalized spacial score (nSPS) is 15.1. The number of H-pyrrole nitrogens is 1. The highest BCUT2D eigenvalue weighted by molar-refractivity contribution is 7.80. The predicted octanol–water partition coefficient (Wildman–Crippen LogP) is 6.99. The van der Waals surface area contributed by atoms with E-state index >= 15 is 0 Å². The van der Waals surface area contributed by atoms with Gasteiger partial charge in [-0.2, -0.15) is 5.10 Å². The highest BCUT2D eigenvalue weighted by Crippen LogP contribution is 2.37. The second-order valence-corrected chi connectivity index (χ2v) is 9.50. The lowest BCUT2D eigenvalue weighted by Gasteiger charge is -2.23. The molecule has 5 aromatic rings. The average Bonchev–Trinajstić information content (AvgIpc) is 3.59. The molecule has 0 spiro atoms. The molecule has 2 aromatic heterocycles. The quantitative estimate of drug-likeness (QED) is 0.248. The van der Waals surface area contributed by atoms with Crippen molar-refractivity contribution in [1.82, 2.24) is 9.99 Å². The first-order valence-corrected chi connectivity index (χ1v) is 12.5. The molecule has 1 aliphatic rings. The van der Waals surface area contributed by atoms with Crippen LogP contribution in [-0.2, 0) is 0 Å². The Labute approximate surface area is 223 Å². The summed E-state index contributed by atoms with van der Waals surface area (Å²) in [5, 5.41) is 11.8. The van der Waals surface area contributed by atoms with Gasteiger partial charge < -0.3 is 14.7 Å². The molecular weight excluding hydrogens is 504 g/mol. The lowest BCUT2D eigenvalue weighted by atomic mass is 9.92. The number of hydrogen-bond acceptors (Lipinski definition) is 4. The zero-order valence-corrected chi connectivity index (χ0v) is 21.1. The van der Waals surface area contributed by atoms with Crippen LogP contribution in [0, 0.1) is 0 Å². The second-order valence-electron chi connectivity index (χ2n) is 8.68. The molecule has 0 unspecified atom stereocenters. The molecule has 1 aliphatic heterocycles. The Morgan fingerprint density at radius 2 is 1.73 bits per heavy atom. The molecular formula is C29H21ClN4O2S. The maximum atomic E-state index is 13.6. The number of para-hydroxylation sites is 2. The van der Waals surface area contributed by atoms with Crippen LogP contribution in [0.3, 0.4) is 0 Å². The van der Waals surface area contributed by atoms with Crippen LogP contribution in [0.4, 0.5) is 5.69 Å². The van der Waals surface area contributed by atoms with E-state index in [1.165, 1.54) is 0 Å². The first kappa shape index (κ1) is 23.2. The molecule has 0 fully saturated rings. The number of halogens is 1. The van der Waals surface area contributed by atoms with E-state index in [0.717, 1.165) is 27.7 Å². The number of hydrazone groups is 1. The minimum Gasteiger partial charge on any atom is -0.467 e. The van der Waals surface area contributed by atoms with Gasteiger partial charge in [-0.3, -0.25) is 4.79 Å². The topological polar surface area (TPSA) is 73.6 Å². The third kappa shape index (κ3) is 4.43. The smallest absolute Gasteiger partial charge is 0.258 e. The molecule has 8 heteroatoms. The van der Waals surface area contributed by atoms with Crippen LogP contribution in [0.25, 0.3) is 22.0 Å². The molecule has 3 heterocycles. The van der Waals surface area contributed by atoms with Crippen LogP contribution in [0.15, 0.2) is 112 Å².